The number of thiophene rings is 1. The molecule has 9 nitrogen and oxygen atoms in total. The fourth-order valence-electron chi connectivity index (χ4n) is 4.65. The van der Waals surface area contributed by atoms with Gasteiger partial charge in [0.2, 0.25) is 11.7 Å². The minimum Gasteiger partial charge on any atom is -0.508 e. The highest BCUT2D eigenvalue weighted by atomic mass is 32.1. The number of anilines is 1. The smallest absolute Gasteiger partial charge is 0.251 e. The summed E-state index contributed by atoms with van der Waals surface area (Å²) < 4.78 is 13.3. The summed E-state index contributed by atoms with van der Waals surface area (Å²) in [4.78, 5) is 30.8. The first-order valence-corrected chi connectivity index (χ1v) is 13.3. The fraction of sp³-hybridized carbons (Fsp3) is 0.296. The van der Waals surface area contributed by atoms with Crippen LogP contribution in [0.4, 0.5) is 10.1 Å². The number of amides is 2. The highest BCUT2D eigenvalue weighted by Gasteiger charge is 2.35. The van der Waals surface area contributed by atoms with Crippen LogP contribution in [0.1, 0.15) is 43.0 Å². The third kappa shape index (κ3) is 5.88. The lowest BCUT2D eigenvalue weighted by Crippen LogP contribution is -2.48. The second-order valence-corrected chi connectivity index (χ2v) is 10.2. The second kappa shape index (κ2) is 11.5. The van der Waals surface area contributed by atoms with Gasteiger partial charge in [0.25, 0.3) is 5.91 Å². The molecule has 2 aromatic heterocycles. The molecular weight excluding hydrogens is 507 g/mol. The van der Waals surface area contributed by atoms with Crippen LogP contribution in [0, 0.1) is 5.82 Å². The number of nitrogens with zero attached hydrogens (tertiary/aromatic N) is 5. The van der Waals surface area contributed by atoms with Gasteiger partial charge in [0.1, 0.15) is 24.2 Å². The lowest BCUT2D eigenvalue weighted by Gasteiger charge is -2.32. The number of hydrogen-bond acceptors (Lipinski definition) is 7. The molecule has 2 heterocycles. The van der Waals surface area contributed by atoms with Crippen LogP contribution in [-0.2, 0) is 16.1 Å². The molecule has 2 amide bonds. The van der Waals surface area contributed by atoms with E-state index < -0.39 is 11.9 Å². The van der Waals surface area contributed by atoms with E-state index in [1.807, 2.05) is 17.5 Å². The lowest BCUT2D eigenvalue weighted by molar-refractivity contribution is -0.127. The number of aromatic nitrogens is 4. The van der Waals surface area contributed by atoms with Gasteiger partial charge in [0.05, 0.1) is 0 Å². The molecule has 196 valence electrons. The van der Waals surface area contributed by atoms with Gasteiger partial charge in [-0.3, -0.25) is 14.5 Å². The largest absolute Gasteiger partial charge is 0.508 e. The summed E-state index contributed by atoms with van der Waals surface area (Å²) >= 11 is 1.38. The molecule has 0 saturated heterocycles. The number of aromatic hydroxyl groups is 1. The van der Waals surface area contributed by atoms with Crippen LogP contribution in [0.25, 0.3) is 11.4 Å². The maximum atomic E-state index is 13.8. The van der Waals surface area contributed by atoms with E-state index in [0.717, 1.165) is 36.9 Å². The van der Waals surface area contributed by atoms with Crippen LogP contribution in [0.5, 0.6) is 5.75 Å². The average molecular weight is 535 g/mol. The third-order valence-corrected chi connectivity index (χ3v) is 7.40. The Balaban J connectivity index is 1.46. The third-order valence-electron chi connectivity index (χ3n) is 6.48. The Morgan fingerprint density at radius 1 is 1.11 bits per heavy atom. The summed E-state index contributed by atoms with van der Waals surface area (Å²) in [7, 11) is 0. The summed E-state index contributed by atoms with van der Waals surface area (Å²) in [6, 6.07) is 14.6. The molecule has 1 fully saturated rings. The molecular formula is C27H27FN6O3S. The van der Waals surface area contributed by atoms with Crippen LogP contribution < -0.4 is 10.2 Å². The summed E-state index contributed by atoms with van der Waals surface area (Å²) in [6.07, 6.45) is 5.06. The van der Waals surface area contributed by atoms with Gasteiger partial charge in [-0.2, -0.15) is 4.80 Å². The van der Waals surface area contributed by atoms with Crippen molar-refractivity contribution in [1.82, 2.24) is 25.5 Å². The summed E-state index contributed by atoms with van der Waals surface area (Å²) in [5, 5.41) is 27.5. The maximum absolute atomic E-state index is 13.8. The van der Waals surface area contributed by atoms with E-state index in [0.29, 0.717) is 16.1 Å². The van der Waals surface area contributed by atoms with Gasteiger partial charge < -0.3 is 10.4 Å². The lowest BCUT2D eigenvalue weighted by atomic mass is 9.95. The topological polar surface area (TPSA) is 113 Å². The number of phenolic OH excluding ortho intramolecular Hbond substituents is 1. The number of benzene rings is 2. The molecule has 0 spiro atoms. The van der Waals surface area contributed by atoms with Crippen molar-refractivity contribution in [3.05, 3.63) is 76.7 Å². The zero-order valence-electron chi connectivity index (χ0n) is 20.5. The average Bonchev–Trinajstić information content (AvgIpc) is 3.61. The molecule has 1 aliphatic carbocycles. The highest BCUT2D eigenvalue weighted by Crippen LogP contribution is 2.33. The first kappa shape index (κ1) is 25.5. The molecule has 2 N–H and O–H groups in total. The number of nitrogens with one attached hydrogen (secondary N) is 1. The van der Waals surface area contributed by atoms with E-state index in [-0.39, 0.29) is 35.9 Å². The fourth-order valence-corrected chi connectivity index (χ4v) is 5.46. The van der Waals surface area contributed by atoms with E-state index in [1.54, 1.807) is 12.1 Å². The van der Waals surface area contributed by atoms with E-state index in [9.17, 15) is 19.1 Å². The minimum atomic E-state index is -0.952. The van der Waals surface area contributed by atoms with Crippen molar-refractivity contribution < 1.29 is 19.1 Å². The van der Waals surface area contributed by atoms with Crippen molar-refractivity contribution in [1.29, 1.82) is 0 Å². The SMILES string of the molecule is O=C(NC1CCCCC1)C(c1cccs1)N(C(=O)Cn1nnc(-c2ccc(F)cc2)n1)c1cccc(O)c1. The van der Waals surface area contributed by atoms with Crippen LogP contribution in [0.3, 0.4) is 0 Å². The van der Waals surface area contributed by atoms with E-state index in [2.05, 4.69) is 20.7 Å². The highest BCUT2D eigenvalue weighted by molar-refractivity contribution is 7.10. The number of tetrazole rings is 1. The number of rotatable bonds is 8. The standard InChI is InChI=1S/C27H27FN6O3S/c28-19-13-11-18(12-14-19)26-30-32-33(31-26)17-24(36)34(21-8-4-9-22(35)16-21)25(23-10-5-15-38-23)27(37)29-20-6-2-1-3-7-20/h4-5,8-16,20,25,35H,1-3,6-7,17H2,(H,29,37). The van der Waals surface area contributed by atoms with Crippen molar-refractivity contribution in [2.45, 2.75) is 50.7 Å². The number of halogens is 1. The molecule has 0 bridgehead atoms. The van der Waals surface area contributed by atoms with Gasteiger partial charge >= 0.3 is 0 Å². The number of phenols is 1. The van der Waals surface area contributed by atoms with Gasteiger partial charge in [-0.15, -0.1) is 21.5 Å². The van der Waals surface area contributed by atoms with E-state index in [4.69, 9.17) is 0 Å². The monoisotopic (exact) mass is 534 g/mol. The van der Waals surface area contributed by atoms with Crippen LogP contribution in [-0.4, -0.2) is 43.2 Å². The first-order valence-electron chi connectivity index (χ1n) is 12.5. The Bertz CT molecular complexity index is 1390. The van der Waals surface area contributed by atoms with Crippen LogP contribution in [0.15, 0.2) is 66.0 Å². The number of carbonyl (C=O) groups excluding carboxylic acids is 2. The molecule has 0 radical (unpaired) electrons. The van der Waals surface area contributed by atoms with Crippen molar-refractivity contribution in [3.8, 4) is 17.1 Å². The number of carbonyl (C=O) groups is 2. The molecule has 11 heteroatoms. The molecule has 1 unspecified atom stereocenters. The molecule has 1 aliphatic rings. The molecule has 1 saturated carbocycles. The van der Waals surface area contributed by atoms with Crippen molar-refractivity contribution in [3.63, 3.8) is 0 Å². The van der Waals surface area contributed by atoms with Crippen molar-refractivity contribution in [2.24, 2.45) is 0 Å². The predicted octanol–water partition coefficient (Wildman–Crippen LogP) is 4.47. The summed E-state index contributed by atoms with van der Waals surface area (Å²) in [5.74, 6) is -0.920. The zero-order valence-corrected chi connectivity index (χ0v) is 21.4. The normalized spacial score (nSPS) is 14.7. The van der Waals surface area contributed by atoms with Crippen molar-refractivity contribution >= 4 is 28.8 Å². The zero-order chi connectivity index (χ0) is 26.5. The first-order chi connectivity index (χ1) is 18.5. The minimum absolute atomic E-state index is 0.0320. The van der Waals surface area contributed by atoms with Gasteiger partial charge in [-0.05, 0) is 65.9 Å². The molecule has 1 atom stereocenters. The molecule has 38 heavy (non-hydrogen) atoms. The van der Waals surface area contributed by atoms with Gasteiger partial charge in [-0.1, -0.05) is 31.4 Å². The predicted molar refractivity (Wildman–Crippen MR) is 141 cm³/mol. The van der Waals surface area contributed by atoms with Gasteiger partial charge in [-0.25, -0.2) is 4.39 Å². The Labute approximate surface area is 222 Å². The maximum Gasteiger partial charge on any atom is 0.251 e. The van der Waals surface area contributed by atoms with E-state index >= 15 is 0 Å². The Hall–Kier alpha value is -4.12. The number of hydrogen-bond donors (Lipinski definition) is 2. The van der Waals surface area contributed by atoms with E-state index in [1.165, 1.54) is 52.6 Å². The Kier molecular flexibility index (Phi) is 7.73. The molecule has 5 rings (SSSR count). The summed E-state index contributed by atoms with van der Waals surface area (Å²) in [5.41, 5.74) is 0.921. The second-order valence-electron chi connectivity index (χ2n) is 9.20. The molecule has 4 aromatic rings. The van der Waals surface area contributed by atoms with Gasteiger partial charge in [0, 0.05) is 28.2 Å². The Morgan fingerprint density at radius 3 is 2.61 bits per heavy atom. The summed E-state index contributed by atoms with van der Waals surface area (Å²) in [6.45, 7) is -0.303. The Morgan fingerprint density at radius 2 is 1.89 bits per heavy atom. The molecule has 2 aromatic carbocycles. The quantitative estimate of drug-likeness (QED) is 0.345. The van der Waals surface area contributed by atoms with Crippen LogP contribution in [0.2, 0.25) is 0 Å². The molecule has 0 aliphatic heterocycles. The van der Waals surface area contributed by atoms with Crippen LogP contribution >= 0.6 is 11.3 Å². The van der Waals surface area contributed by atoms with Gasteiger partial charge in [0.15, 0.2) is 0 Å². The van der Waals surface area contributed by atoms with Crippen molar-refractivity contribution in [2.75, 3.05) is 4.90 Å².